The van der Waals surface area contributed by atoms with Gasteiger partial charge in [0.15, 0.2) is 0 Å². The Morgan fingerprint density at radius 3 is 2.63 bits per heavy atom. The molecule has 1 unspecified atom stereocenters. The van der Waals surface area contributed by atoms with E-state index in [1.165, 1.54) is 11.3 Å². The molecule has 1 saturated heterocycles. The molecule has 106 valence electrons. The maximum Gasteiger partial charge on any atom is 0.0541 e. The second-order valence-corrected chi connectivity index (χ2v) is 6.24. The van der Waals surface area contributed by atoms with Gasteiger partial charge in [-0.1, -0.05) is 6.07 Å². The lowest BCUT2D eigenvalue weighted by Gasteiger charge is -2.35. The molecule has 1 aromatic rings. The van der Waals surface area contributed by atoms with E-state index in [4.69, 9.17) is 0 Å². The van der Waals surface area contributed by atoms with Crippen molar-refractivity contribution in [1.29, 1.82) is 0 Å². The van der Waals surface area contributed by atoms with E-state index in [2.05, 4.69) is 44.3 Å². The molecular weight excluding hydrogens is 304 g/mol. The Hall–Kier alpha value is -0.580. The molecule has 0 bridgehead atoms. The van der Waals surface area contributed by atoms with Crippen molar-refractivity contribution in [3.63, 3.8) is 0 Å². The third-order valence-electron chi connectivity index (χ3n) is 3.96. The molecule has 2 rings (SSSR count). The smallest absolute Gasteiger partial charge is 0.0541 e. The average Bonchev–Trinajstić information content (AvgIpc) is 2.39. The standard InChI is InChI=1S/C15H23BrN2O/c1-11(19)13-5-7-18(8-6-13)15-4-3-12(10-17-2)9-14(15)16/h3-4,9,11,13,17,19H,5-8,10H2,1-2H3. The van der Waals surface area contributed by atoms with Gasteiger partial charge in [0, 0.05) is 24.1 Å². The van der Waals surface area contributed by atoms with Gasteiger partial charge in [0.25, 0.3) is 0 Å². The van der Waals surface area contributed by atoms with E-state index in [1.54, 1.807) is 0 Å². The van der Waals surface area contributed by atoms with Crippen LogP contribution in [0.4, 0.5) is 5.69 Å². The zero-order valence-electron chi connectivity index (χ0n) is 11.7. The van der Waals surface area contributed by atoms with Crippen LogP contribution in [0.1, 0.15) is 25.3 Å². The van der Waals surface area contributed by atoms with Gasteiger partial charge in [0.05, 0.1) is 11.8 Å². The van der Waals surface area contributed by atoms with Crippen LogP contribution in [0.3, 0.4) is 0 Å². The van der Waals surface area contributed by atoms with Crippen LogP contribution < -0.4 is 10.2 Å². The second kappa shape index (κ2) is 6.73. The Morgan fingerprint density at radius 2 is 2.11 bits per heavy atom. The third-order valence-corrected chi connectivity index (χ3v) is 4.59. The van der Waals surface area contributed by atoms with Gasteiger partial charge >= 0.3 is 0 Å². The largest absolute Gasteiger partial charge is 0.393 e. The molecule has 0 aromatic heterocycles. The number of anilines is 1. The molecule has 3 nitrogen and oxygen atoms in total. The van der Waals surface area contributed by atoms with Crippen LogP contribution in [-0.4, -0.2) is 31.3 Å². The van der Waals surface area contributed by atoms with E-state index in [0.29, 0.717) is 5.92 Å². The summed E-state index contributed by atoms with van der Waals surface area (Å²) in [7, 11) is 1.96. The summed E-state index contributed by atoms with van der Waals surface area (Å²) in [6.45, 7) is 4.85. The molecule has 4 heteroatoms. The van der Waals surface area contributed by atoms with E-state index in [0.717, 1.165) is 36.9 Å². The van der Waals surface area contributed by atoms with Crippen LogP contribution in [0.25, 0.3) is 0 Å². The first kappa shape index (κ1) is 14.8. The summed E-state index contributed by atoms with van der Waals surface area (Å²) >= 11 is 3.68. The molecule has 0 aliphatic carbocycles. The summed E-state index contributed by atoms with van der Waals surface area (Å²) in [4.78, 5) is 2.41. The average molecular weight is 327 g/mol. The highest BCUT2D eigenvalue weighted by atomic mass is 79.9. The predicted molar refractivity (Wildman–Crippen MR) is 83.5 cm³/mol. The molecule has 1 aromatic carbocycles. The number of hydrogen-bond acceptors (Lipinski definition) is 3. The quantitative estimate of drug-likeness (QED) is 0.893. The number of benzene rings is 1. The summed E-state index contributed by atoms with van der Waals surface area (Å²) in [6, 6.07) is 6.56. The fourth-order valence-corrected chi connectivity index (χ4v) is 3.42. The van der Waals surface area contributed by atoms with Gasteiger partial charge in [-0.05, 0) is 66.4 Å². The number of nitrogens with zero attached hydrogens (tertiary/aromatic N) is 1. The Bertz CT molecular complexity index is 415. The van der Waals surface area contributed by atoms with Gasteiger partial charge < -0.3 is 15.3 Å². The van der Waals surface area contributed by atoms with Crippen LogP contribution in [0.5, 0.6) is 0 Å². The van der Waals surface area contributed by atoms with Crippen LogP contribution in [0, 0.1) is 5.92 Å². The van der Waals surface area contributed by atoms with Gasteiger partial charge in [0.2, 0.25) is 0 Å². The van der Waals surface area contributed by atoms with Crippen molar-refractivity contribution in [1.82, 2.24) is 5.32 Å². The summed E-state index contributed by atoms with van der Waals surface area (Å²) in [5.41, 5.74) is 2.56. The first-order valence-electron chi connectivity index (χ1n) is 6.98. The molecule has 0 saturated carbocycles. The number of aliphatic hydroxyl groups excluding tert-OH is 1. The summed E-state index contributed by atoms with van der Waals surface area (Å²) in [6.07, 6.45) is 1.97. The summed E-state index contributed by atoms with van der Waals surface area (Å²) < 4.78 is 1.16. The zero-order valence-corrected chi connectivity index (χ0v) is 13.3. The summed E-state index contributed by atoms with van der Waals surface area (Å²) in [5.74, 6) is 0.457. The fourth-order valence-electron chi connectivity index (χ4n) is 2.74. The third kappa shape index (κ3) is 3.71. The van der Waals surface area contributed by atoms with E-state index >= 15 is 0 Å². The van der Waals surface area contributed by atoms with E-state index in [-0.39, 0.29) is 6.10 Å². The lowest BCUT2D eigenvalue weighted by atomic mass is 9.92. The van der Waals surface area contributed by atoms with Crippen LogP contribution >= 0.6 is 15.9 Å². The molecule has 1 atom stereocenters. The molecular formula is C15H23BrN2O. The molecule has 0 radical (unpaired) electrons. The normalized spacial score (nSPS) is 18.6. The monoisotopic (exact) mass is 326 g/mol. The van der Waals surface area contributed by atoms with Crippen molar-refractivity contribution in [3.8, 4) is 0 Å². The fraction of sp³-hybridized carbons (Fsp3) is 0.600. The maximum atomic E-state index is 9.65. The lowest BCUT2D eigenvalue weighted by Crippen LogP contribution is -2.37. The Kier molecular flexibility index (Phi) is 5.25. The van der Waals surface area contributed by atoms with Crippen LogP contribution in [0.15, 0.2) is 22.7 Å². The van der Waals surface area contributed by atoms with Gasteiger partial charge in [-0.25, -0.2) is 0 Å². The maximum absolute atomic E-state index is 9.65. The number of aliphatic hydroxyl groups is 1. The van der Waals surface area contributed by atoms with Crippen LogP contribution in [0.2, 0.25) is 0 Å². The van der Waals surface area contributed by atoms with Crippen molar-refractivity contribution in [2.24, 2.45) is 5.92 Å². The molecule has 1 aliphatic heterocycles. The number of hydrogen-bond donors (Lipinski definition) is 2. The highest BCUT2D eigenvalue weighted by Crippen LogP contribution is 2.31. The second-order valence-electron chi connectivity index (χ2n) is 5.38. The molecule has 19 heavy (non-hydrogen) atoms. The summed E-state index contributed by atoms with van der Waals surface area (Å²) in [5, 5.41) is 12.8. The lowest BCUT2D eigenvalue weighted by molar-refractivity contribution is 0.110. The van der Waals surface area contributed by atoms with Gasteiger partial charge in [-0.3, -0.25) is 0 Å². The van der Waals surface area contributed by atoms with Gasteiger partial charge in [-0.15, -0.1) is 0 Å². The number of halogens is 1. The highest BCUT2D eigenvalue weighted by Gasteiger charge is 2.23. The molecule has 1 aliphatic rings. The molecule has 2 N–H and O–H groups in total. The Labute approximate surface area is 124 Å². The molecule has 1 fully saturated rings. The minimum atomic E-state index is -0.177. The number of nitrogens with one attached hydrogen (secondary N) is 1. The van der Waals surface area contributed by atoms with Crippen molar-refractivity contribution in [3.05, 3.63) is 28.2 Å². The molecule has 0 spiro atoms. The van der Waals surface area contributed by atoms with Crippen molar-refractivity contribution in [2.45, 2.75) is 32.4 Å². The predicted octanol–water partition coefficient (Wildman–Crippen LogP) is 2.77. The molecule has 0 amide bonds. The minimum absolute atomic E-state index is 0.177. The first-order chi connectivity index (χ1) is 9.11. The topological polar surface area (TPSA) is 35.5 Å². The van der Waals surface area contributed by atoms with Crippen molar-refractivity contribution >= 4 is 21.6 Å². The highest BCUT2D eigenvalue weighted by molar-refractivity contribution is 9.10. The van der Waals surface area contributed by atoms with Gasteiger partial charge in [-0.2, -0.15) is 0 Å². The van der Waals surface area contributed by atoms with Gasteiger partial charge in [0.1, 0.15) is 0 Å². The van der Waals surface area contributed by atoms with E-state index < -0.39 is 0 Å². The zero-order chi connectivity index (χ0) is 13.8. The first-order valence-corrected chi connectivity index (χ1v) is 7.77. The Morgan fingerprint density at radius 1 is 1.42 bits per heavy atom. The minimum Gasteiger partial charge on any atom is -0.393 e. The van der Waals surface area contributed by atoms with Crippen LogP contribution in [-0.2, 0) is 6.54 Å². The van der Waals surface area contributed by atoms with E-state index in [1.807, 2.05) is 14.0 Å². The SMILES string of the molecule is CNCc1ccc(N2CCC(C(C)O)CC2)c(Br)c1. The number of rotatable bonds is 4. The van der Waals surface area contributed by atoms with Crippen molar-refractivity contribution in [2.75, 3.05) is 25.0 Å². The van der Waals surface area contributed by atoms with E-state index in [9.17, 15) is 5.11 Å². The van der Waals surface area contributed by atoms with Crippen molar-refractivity contribution < 1.29 is 5.11 Å². The Balaban J connectivity index is 2.03. The molecule has 1 heterocycles. The number of piperidine rings is 1.